The van der Waals surface area contributed by atoms with Crippen LogP contribution in [0.25, 0.3) is 5.57 Å². The number of hydrogen-bond donors (Lipinski definition) is 1. The minimum absolute atomic E-state index is 0.0361. The molecule has 6 heteroatoms. The summed E-state index contributed by atoms with van der Waals surface area (Å²) in [5.41, 5.74) is 3.41. The third-order valence-electron chi connectivity index (χ3n) is 3.92. The van der Waals surface area contributed by atoms with E-state index < -0.39 is 5.92 Å². The number of nitrogens with one attached hydrogen (secondary N) is 1. The van der Waals surface area contributed by atoms with Gasteiger partial charge in [0.1, 0.15) is 0 Å². The minimum Gasteiger partial charge on any atom is -0.438 e. The van der Waals surface area contributed by atoms with Crippen LogP contribution in [-0.4, -0.2) is 30.8 Å². The van der Waals surface area contributed by atoms with Crippen molar-refractivity contribution in [1.29, 1.82) is 0 Å². The summed E-state index contributed by atoms with van der Waals surface area (Å²) in [4.78, 5) is 14.3. The summed E-state index contributed by atoms with van der Waals surface area (Å²) in [5.74, 6) is -2.87. The maximum absolute atomic E-state index is 12.8. The average Bonchev–Trinajstić information content (AvgIpc) is 3.04. The van der Waals surface area contributed by atoms with E-state index in [0.29, 0.717) is 12.8 Å². The molecule has 1 saturated carbocycles. The largest absolute Gasteiger partial charge is 0.438 e. The molecule has 2 rings (SSSR count). The summed E-state index contributed by atoms with van der Waals surface area (Å²) in [6.45, 7) is 11.8. The first-order chi connectivity index (χ1) is 12.2. The van der Waals surface area contributed by atoms with Gasteiger partial charge in [0.05, 0.1) is 0 Å². The second kappa shape index (κ2) is 12.6. The van der Waals surface area contributed by atoms with Crippen molar-refractivity contribution in [3.63, 3.8) is 0 Å². The lowest BCUT2D eigenvalue weighted by molar-refractivity contribution is -0.156. The molecule has 0 aliphatic heterocycles. The minimum atomic E-state index is -2.53. The van der Waals surface area contributed by atoms with E-state index in [2.05, 4.69) is 16.3 Å². The van der Waals surface area contributed by atoms with Gasteiger partial charge in [-0.25, -0.2) is 8.78 Å². The molecule has 0 bridgehead atoms. The van der Waals surface area contributed by atoms with Crippen LogP contribution >= 0.6 is 0 Å². The lowest BCUT2D eigenvalue weighted by Crippen LogP contribution is -2.26. The first kappa shape index (κ1) is 24.3. The molecular formula is C20H33F2NO3. The van der Waals surface area contributed by atoms with E-state index in [4.69, 9.17) is 4.74 Å². The van der Waals surface area contributed by atoms with Crippen molar-refractivity contribution >= 4 is 11.5 Å². The SMILES string of the molecule is C=C(C)c1ccc(C)[nH]1.CC.COCOC(=O)CC1CCC(F)(F)CC1. The number of aromatic amines is 1. The Bertz CT molecular complexity index is 531. The molecule has 150 valence electrons. The number of alkyl halides is 2. The Morgan fingerprint density at radius 2 is 1.88 bits per heavy atom. The molecule has 1 aliphatic rings. The van der Waals surface area contributed by atoms with Crippen molar-refractivity contribution in [3.05, 3.63) is 30.1 Å². The van der Waals surface area contributed by atoms with Crippen molar-refractivity contribution in [2.75, 3.05) is 13.9 Å². The van der Waals surface area contributed by atoms with Crippen LogP contribution in [0.15, 0.2) is 18.7 Å². The van der Waals surface area contributed by atoms with E-state index in [9.17, 15) is 13.6 Å². The molecule has 1 aliphatic carbocycles. The van der Waals surface area contributed by atoms with Crippen LogP contribution in [0, 0.1) is 12.8 Å². The molecule has 1 fully saturated rings. The molecule has 0 amide bonds. The fraction of sp³-hybridized carbons (Fsp3) is 0.650. The van der Waals surface area contributed by atoms with E-state index in [-0.39, 0.29) is 37.9 Å². The fourth-order valence-electron chi connectivity index (χ4n) is 2.48. The van der Waals surface area contributed by atoms with Crippen LogP contribution in [0.4, 0.5) is 8.78 Å². The second-order valence-corrected chi connectivity index (χ2v) is 6.26. The zero-order chi connectivity index (χ0) is 20.2. The number of esters is 1. The monoisotopic (exact) mass is 373 g/mol. The maximum atomic E-state index is 12.8. The summed E-state index contributed by atoms with van der Waals surface area (Å²) in [5, 5.41) is 0. The van der Waals surface area contributed by atoms with Gasteiger partial charge in [-0.2, -0.15) is 0 Å². The van der Waals surface area contributed by atoms with Crippen molar-refractivity contribution < 1.29 is 23.0 Å². The average molecular weight is 373 g/mol. The summed E-state index contributed by atoms with van der Waals surface area (Å²) >= 11 is 0. The third-order valence-corrected chi connectivity index (χ3v) is 3.92. The number of rotatable bonds is 5. The first-order valence-corrected chi connectivity index (χ1v) is 9.07. The van der Waals surface area contributed by atoms with Gasteiger partial charge < -0.3 is 14.5 Å². The first-order valence-electron chi connectivity index (χ1n) is 9.07. The molecule has 1 aromatic heterocycles. The smallest absolute Gasteiger partial charge is 0.308 e. The Kier molecular flexibility index (Phi) is 11.8. The zero-order valence-electron chi connectivity index (χ0n) is 16.7. The maximum Gasteiger partial charge on any atom is 0.308 e. The van der Waals surface area contributed by atoms with Crippen LogP contribution in [0.3, 0.4) is 0 Å². The van der Waals surface area contributed by atoms with Crippen molar-refractivity contribution in [3.8, 4) is 0 Å². The molecule has 4 nitrogen and oxygen atoms in total. The molecule has 26 heavy (non-hydrogen) atoms. The highest BCUT2D eigenvalue weighted by molar-refractivity contribution is 5.69. The quantitative estimate of drug-likeness (QED) is 0.529. The summed E-state index contributed by atoms with van der Waals surface area (Å²) < 4.78 is 34.8. The van der Waals surface area contributed by atoms with Gasteiger partial charge in [0.25, 0.3) is 0 Å². The predicted octanol–water partition coefficient (Wildman–Crippen LogP) is 5.73. The molecule has 0 atom stereocenters. The Morgan fingerprint density at radius 3 is 2.27 bits per heavy atom. The molecule has 0 radical (unpaired) electrons. The Labute approximate surface area is 156 Å². The molecule has 1 N–H and O–H groups in total. The zero-order valence-corrected chi connectivity index (χ0v) is 16.7. The fourth-order valence-corrected chi connectivity index (χ4v) is 2.48. The molecule has 0 saturated heterocycles. The number of halogens is 2. The molecule has 0 spiro atoms. The Hall–Kier alpha value is -1.69. The van der Waals surface area contributed by atoms with Gasteiger partial charge in [-0.05, 0) is 50.3 Å². The highest BCUT2D eigenvalue weighted by Crippen LogP contribution is 2.37. The van der Waals surface area contributed by atoms with E-state index in [1.165, 1.54) is 12.8 Å². The van der Waals surface area contributed by atoms with Crippen LogP contribution in [0.5, 0.6) is 0 Å². The van der Waals surface area contributed by atoms with E-state index >= 15 is 0 Å². The highest BCUT2D eigenvalue weighted by Gasteiger charge is 2.35. The lowest BCUT2D eigenvalue weighted by Gasteiger charge is -2.27. The third kappa shape index (κ3) is 10.3. The van der Waals surface area contributed by atoms with Gasteiger partial charge in [-0.1, -0.05) is 20.4 Å². The number of methoxy groups -OCH3 is 1. The van der Waals surface area contributed by atoms with Gasteiger partial charge in [-0.3, -0.25) is 4.79 Å². The van der Waals surface area contributed by atoms with Crippen LogP contribution in [0.2, 0.25) is 0 Å². The van der Waals surface area contributed by atoms with E-state index in [0.717, 1.165) is 11.3 Å². The van der Waals surface area contributed by atoms with Gasteiger partial charge in [0, 0.05) is 37.8 Å². The van der Waals surface area contributed by atoms with Crippen LogP contribution in [0.1, 0.15) is 64.3 Å². The number of carbonyl (C=O) groups is 1. The number of H-pyrrole nitrogens is 1. The summed E-state index contributed by atoms with van der Waals surface area (Å²) in [6.07, 6.45) is 0.786. The predicted molar refractivity (Wildman–Crippen MR) is 101 cm³/mol. The molecule has 1 heterocycles. The number of allylic oxidation sites excluding steroid dienone is 1. The molecule has 1 aromatic rings. The van der Waals surface area contributed by atoms with Crippen molar-refractivity contribution in [1.82, 2.24) is 4.98 Å². The molecular weight excluding hydrogens is 340 g/mol. The molecule has 0 unspecified atom stereocenters. The van der Waals surface area contributed by atoms with E-state index in [1.54, 1.807) is 0 Å². The van der Waals surface area contributed by atoms with Crippen LogP contribution in [-0.2, 0) is 14.3 Å². The van der Waals surface area contributed by atoms with Gasteiger partial charge in [0.15, 0.2) is 6.79 Å². The van der Waals surface area contributed by atoms with Gasteiger partial charge in [-0.15, -0.1) is 0 Å². The van der Waals surface area contributed by atoms with Crippen molar-refractivity contribution in [2.45, 2.75) is 65.7 Å². The van der Waals surface area contributed by atoms with E-state index in [1.807, 2.05) is 39.8 Å². The summed E-state index contributed by atoms with van der Waals surface area (Å²) in [6, 6.07) is 4.08. The number of aryl methyl sites for hydroxylation is 1. The highest BCUT2D eigenvalue weighted by atomic mass is 19.3. The van der Waals surface area contributed by atoms with Crippen molar-refractivity contribution in [2.24, 2.45) is 5.92 Å². The normalized spacial score (nSPS) is 15.8. The second-order valence-electron chi connectivity index (χ2n) is 6.26. The standard InChI is InChI=1S/C10H16F2O3.C8H11N.C2H6/c1-14-7-15-9(13)6-8-2-4-10(11,12)5-3-8;1-6(2)8-5-4-7(3)9-8;1-2/h8H,2-7H2,1H3;4-5,9H,1H2,2-3H3;1-2H3. The number of aromatic nitrogens is 1. The Balaban J connectivity index is 0.000000484. The number of carbonyl (C=O) groups excluding carboxylic acids is 1. The van der Waals surface area contributed by atoms with Crippen LogP contribution < -0.4 is 0 Å². The van der Waals surface area contributed by atoms with Gasteiger partial charge in [0.2, 0.25) is 5.92 Å². The number of ether oxygens (including phenoxy) is 2. The summed E-state index contributed by atoms with van der Waals surface area (Å²) in [7, 11) is 1.43. The van der Waals surface area contributed by atoms with Gasteiger partial charge >= 0.3 is 5.97 Å². The Morgan fingerprint density at radius 1 is 1.31 bits per heavy atom. The molecule has 0 aromatic carbocycles. The number of hydrogen-bond acceptors (Lipinski definition) is 3. The topological polar surface area (TPSA) is 51.3 Å². The lowest BCUT2D eigenvalue weighted by atomic mass is 9.85.